The number of nitrogens with zero attached hydrogens (tertiary/aromatic N) is 4. The molecule has 2 fully saturated rings. The number of anilines is 2. The number of nitrogens with one attached hydrogen (secondary N) is 3. The molecule has 2 aliphatic rings. The SMILES string of the molecule is CC1(C)[C@H](NC(=O)/C(=N\O[C@@H](COc2ccc3nc(NC4CNC4)ccc3c2)C(=O)O)c2csc(N)n2)C(=O)N1OS(=O)(=O)O.O=C(O)C(F)(F)F. The van der Waals surface area contributed by atoms with Crippen LogP contribution in [-0.2, 0) is 38.7 Å². The van der Waals surface area contributed by atoms with Gasteiger partial charge in [-0.3, -0.25) is 14.1 Å². The lowest BCUT2D eigenvalue weighted by Crippen LogP contribution is -2.76. The molecule has 2 saturated heterocycles. The Morgan fingerprint density at radius 1 is 1.19 bits per heavy atom. The highest BCUT2D eigenvalue weighted by Crippen LogP contribution is 2.33. The summed E-state index contributed by atoms with van der Waals surface area (Å²) in [4.78, 5) is 60.3. The Labute approximate surface area is 294 Å². The molecule has 0 bridgehead atoms. The Balaban J connectivity index is 0.000000785. The van der Waals surface area contributed by atoms with E-state index in [9.17, 15) is 41.1 Å². The second-order valence-electron chi connectivity index (χ2n) is 11.3. The zero-order chi connectivity index (χ0) is 38.6. The van der Waals surface area contributed by atoms with Crippen LogP contribution in [0.25, 0.3) is 10.9 Å². The van der Waals surface area contributed by atoms with Gasteiger partial charge in [0.2, 0.25) is 0 Å². The number of hydrogen-bond donors (Lipinski definition) is 7. The summed E-state index contributed by atoms with van der Waals surface area (Å²) >= 11 is 0.960. The number of carbonyl (C=O) groups excluding carboxylic acids is 2. The van der Waals surface area contributed by atoms with Gasteiger partial charge >= 0.3 is 28.5 Å². The van der Waals surface area contributed by atoms with Crippen LogP contribution in [0.3, 0.4) is 0 Å². The summed E-state index contributed by atoms with van der Waals surface area (Å²) in [6, 6.07) is 7.71. The number of fused-ring (bicyclic) bond motifs is 1. The minimum atomic E-state index is -5.08. The van der Waals surface area contributed by atoms with E-state index in [1.807, 2.05) is 12.1 Å². The lowest BCUT2D eigenvalue weighted by molar-refractivity contribution is -0.218. The van der Waals surface area contributed by atoms with Crippen molar-refractivity contribution in [3.63, 3.8) is 0 Å². The van der Waals surface area contributed by atoms with Crippen LogP contribution in [0.15, 0.2) is 40.9 Å². The van der Waals surface area contributed by atoms with Gasteiger partial charge in [-0.1, -0.05) is 5.16 Å². The number of thiazole rings is 1. The van der Waals surface area contributed by atoms with Crippen molar-refractivity contribution in [1.82, 2.24) is 25.7 Å². The second-order valence-corrected chi connectivity index (χ2v) is 13.2. The maximum Gasteiger partial charge on any atom is 0.490 e. The van der Waals surface area contributed by atoms with Crippen LogP contribution in [0.4, 0.5) is 24.1 Å². The molecule has 4 heterocycles. The highest BCUT2D eigenvalue weighted by Gasteiger charge is 2.58. The summed E-state index contributed by atoms with van der Waals surface area (Å²) in [7, 11) is -5.01. The standard InChI is InChI=1S/C25H28N8O10S2.C2HF3O2/c1-25(2)20(22(35)33(25)43-45(38,39)40)31-21(34)19(16-11-44-24(26)30-16)32-42-17(23(36)37)10-41-14-4-5-15-12(7-14)3-6-18(29-15)28-13-8-27-9-13;3-2(4,5)1(6)7/h3-7,11,13,17,20,27H,8-10H2,1-2H3,(H2,26,30)(H,28,29)(H,31,34)(H,36,37)(H,38,39,40);(H,6,7)/b32-19-;/t17-,20+;/m0./s1. The van der Waals surface area contributed by atoms with Gasteiger partial charge in [-0.2, -0.15) is 26.7 Å². The number of β-lactam (4-membered cyclic amide) rings is 1. The number of oxime groups is 1. The van der Waals surface area contributed by atoms with Crippen molar-refractivity contribution in [3.05, 3.63) is 41.4 Å². The number of alkyl halides is 3. The normalized spacial score (nSPS) is 17.9. The van der Waals surface area contributed by atoms with Crippen molar-refractivity contribution in [2.45, 2.75) is 43.8 Å². The highest BCUT2D eigenvalue weighted by atomic mass is 32.3. The maximum atomic E-state index is 13.2. The van der Waals surface area contributed by atoms with Crippen LogP contribution in [0.1, 0.15) is 19.5 Å². The van der Waals surface area contributed by atoms with E-state index in [2.05, 4.69) is 35.4 Å². The van der Waals surface area contributed by atoms with Gasteiger partial charge in [-0.25, -0.2) is 19.6 Å². The van der Waals surface area contributed by atoms with Gasteiger partial charge < -0.3 is 41.5 Å². The van der Waals surface area contributed by atoms with Gasteiger partial charge in [0.15, 0.2) is 10.8 Å². The van der Waals surface area contributed by atoms with Gasteiger partial charge in [0.1, 0.15) is 29.9 Å². The van der Waals surface area contributed by atoms with E-state index >= 15 is 0 Å². The molecule has 25 heteroatoms. The molecule has 0 saturated carbocycles. The van der Waals surface area contributed by atoms with Crippen LogP contribution in [-0.4, -0.2) is 117 Å². The molecular formula is C27H29F3N8O12S2. The Hall–Kier alpha value is -5.37. The fourth-order valence-corrected chi connectivity index (χ4v) is 5.33. The molecule has 2 atom stereocenters. The summed E-state index contributed by atoms with van der Waals surface area (Å²) in [5.41, 5.74) is 4.36. The molecule has 20 nitrogen and oxygen atoms in total. The molecular weight excluding hydrogens is 749 g/mol. The number of pyridine rings is 1. The van der Waals surface area contributed by atoms with E-state index in [-0.39, 0.29) is 10.8 Å². The number of ether oxygens (including phenoxy) is 1. The summed E-state index contributed by atoms with van der Waals surface area (Å²) in [5.74, 6) is -5.15. The molecule has 282 valence electrons. The number of carbonyl (C=O) groups is 4. The third-order valence-corrected chi connectivity index (χ3v) is 8.10. The van der Waals surface area contributed by atoms with E-state index in [0.29, 0.717) is 22.4 Å². The summed E-state index contributed by atoms with van der Waals surface area (Å²) in [6.07, 6.45) is -6.76. The predicted molar refractivity (Wildman–Crippen MR) is 172 cm³/mol. The number of hydroxylamine groups is 2. The molecule has 2 amide bonds. The third kappa shape index (κ3) is 9.90. The largest absolute Gasteiger partial charge is 0.490 e. The zero-order valence-electron chi connectivity index (χ0n) is 26.6. The number of rotatable bonds is 13. The van der Waals surface area contributed by atoms with Crippen molar-refractivity contribution in [1.29, 1.82) is 0 Å². The molecule has 0 spiro atoms. The van der Waals surface area contributed by atoms with Crippen LogP contribution in [0.2, 0.25) is 0 Å². The minimum absolute atomic E-state index is 0.0603. The van der Waals surface area contributed by atoms with E-state index in [0.717, 1.165) is 35.6 Å². The Bertz CT molecular complexity index is 1990. The number of halogens is 3. The molecule has 1 aromatic carbocycles. The molecule has 2 aliphatic heterocycles. The van der Waals surface area contributed by atoms with Crippen molar-refractivity contribution in [2.75, 3.05) is 30.7 Å². The van der Waals surface area contributed by atoms with Crippen LogP contribution in [0.5, 0.6) is 5.75 Å². The number of carboxylic acid groups (broad SMARTS) is 2. The Kier molecular flexibility index (Phi) is 11.7. The van der Waals surface area contributed by atoms with Gasteiger partial charge in [0.25, 0.3) is 17.9 Å². The van der Waals surface area contributed by atoms with E-state index in [4.69, 9.17) is 29.8 Å². The van der Waals surface area contributed by atoms with Gasteiger partial charge in [-0.05, 0) is 44.2 Å². The molecule has 0 unspecified atom stereocenters. The van der Waals surface area contributed by atoms with Crippen molar-refractivity contribution in [2.24, 2.45) is 5.16 Å². The Morgan fingerprint density at radius 3 is 2.38 bits per heavy atom. The highest BCUT2D eigenvalue weighted by molar-refractivity contribution is 7.80. The first-order valence-electron chi connectivity index (χ1n) is 14.5. The number of nitrogen functional groups attached to an aromatic ring is 1. The predicted octanol–water partition coefficient (Wildman–Crippen LogP) is 0.383. The van der Waals surface area contributed by atoms with E-state index < -0.39 is 70.3 Å². The van der Waals surface area contributed by atoms with Crippen molar-refractivity contribution >= 4 is 73.1 Å². The van der Waals surface area contributed by atoms with Gasteiger partial charge in [0.05, 0.1) is 17.1 Å². The average molecular weight is 779 g/mol. The summed E-state index contributed by atoms with van der Waals surface area (Å²) in [6.45, 7) is 3.94. The average Bonchev–Trinajstić information content (AvgIpc) is 3.46. The molecule has 8 N–H and O–H groups in total. The number of nitrogens with two attached hydrogens (primary N) is 1. The fraction of sp³-hybridized carbons (Fsp3) is 0.370. The van der Waals surface area contributed by atoms with Gasteiger partial charge in [-0.15, -0.1) is 15.6 Å². The van der Waals surface area contributed by atoms with Crippen LogP contribution >= 0.6 is 11.3 Å². The first kappa shape index (κ1) is 39.4. The molecule has 2 aromatic heterocycles. The Morgan fingerprint density at radius 2 is 1.87 bits per heavy atom. The quantitative estimate of drug-likeness (QED) is 0.0534. The van der Waals surface area contributed by atoms with E-state index in [1.165, 1.54) is 19.2 Å². The first-order valence-corrected chi connectivity index (χ1v) is 16.7. The zero-order valence-corrected chi connectivity index (χ0v) is 28.3. The summed E-state index contributed by atoms with van der Waals surface area (Å²) < 4.78 is 72.8. The maximum absolute atomic E-state index is 13.2. The number of aliphatic carboxylic acids is 2. The fourth-order valence-electron chi connectivity index (χ4n) is 4.33. The monoisotopic (exact) mass is 778 g/mol. The number of benzene rings is 1. The van der Waals surface area contributed by atoms with Crippen LogP contribution in [0, 0.1) is 0 Å². The smallest absolute Gasteiger partial charge is 0.489 e. The second kappa shape index (κ2) is 15.5. The molecule has 0 aliphatic carbocycles. The lowest BCUT2D eigenvalue weighted by Gasteiger charge is -2.50. The number of amides is 2. The third-order valence-electron chi connectivity index (χ3n) is 7.09. The molecule has 0 radical (unpaired) electrons. The topological polar surface area (TPSA) is 294 Å². The van der Waals surface area contributed by atoms with Gasteiger partial charge in [0, 0.05) is 23.9 Å². The summed E-state index contributed by atoms with van der Waals surface area (Å²) in [5, 5.41) is 32.0. The minimum Gasteiger partial charge on any atom is -0.489 e. The van der Waals surface area contributed by atoms with Crippen molar-refractivity contribution < 1.29 is 69.4 Å². The van der Waals surface area contributed by atoms with E-state index in [1.54, 1.807) is 18.2 Å². The molecule has 5 rings (SSSR count). The number of hydrogen-bond acceptors (Lipinski definition) is 16. The molecule has 3 aromatic rings. The lowest BCUT2D eigenvalue weighted by atomic mass is 9.84. The molecule has 52 heavy (non-hydrogen) atoms. The number of aromatic nitrogens is 2. The number of carboxylic acids is 2. The van der Waals surface area contributed by atoms with Crippen LogP contribution < -0.4 is 26.4 Å². The first-order chi connectivity index (χ1) is 24.2. The van der Waals surface area contributed by atoms with Crippen molar-refractivity contribution in [3.8, 4) is 5.75 Å².